The van der Waals surface area contributed by atoms with Gasteiger partial charge in [-0.25, -0.2) is 4.68 Å². The van der Waals surface area contributed by atoms with Crippen molar-refractivity contribution in [3.8, 4) is 11.6 Å². The lowest BCUT2D eigenvalue weighted by Crippen LogP contribution is -2.31. The Balaban J connectivity index is 1.90. The summed E-state index contributed by atoms with van der Waals surface area (Å²) in [6.45, 7) is 4.15. The number of para-hydroxylation sites is 1. The van der Waals surface area contributed by atoms with Crippen LogP contribution in [0.25, 0.3) is 5.69 Å². The lowest BCUT2D eigenvalue weighted by Gasteiger charge is -2.18. The maximum absolute atomic E-state index is 12.9. The van der Waals surface area contributed by atoms with Crippen molar-refractivity contribution in [1.29, 1.82) is 0 Å². The van der Waals surface area contributed by atoms with Gasteiger partial charge in [0.25, 0.3) is 5.91 Å². The zero-order valence-corrected chi connectivity index (χ0v) is 16.3. The largest absolute Gasteiger partial charge is 0.481 e. The topological polar surface area (TPSA) is 93.4 Å². The third kappa shape index (κ3) is 4.82. The fraction of sp³-hybridized carbons (Fsp3) is 0.227. The van der Waals surface area contributed by atoms with Crippen molar-refractivity contribution in [2.24, 2.45) is 0 Å². The van der Waals surface area contributed by atoms with Gasteiger partial charge in [0, 0.05) is 6.07 Å². The number of rotatable bonds is 8. The second-order valence-corrected chi connectivity index (χ2v) is 6.53. The average Bonchev–Trinajstić information content (AvgIpc) is 3.13. The zero-order valence-electron chi connectivity index (χ0n) is 16.3. The van der Waals surface area contributed by atoms with Gasteiger partial charge in [0.2, 0.25) is 5.88 Å². The molecule has 7 heteroatoms. The number of hydrogen-bond donors (Lipinski definition) is 2. The Morgan fingerprint density at radius 1 is 1.14 bits per heavy atom. The first-order chi connectivity index (χ1) is 14.0. The third-order valence-electron chi connectivity index (χ3n) is 4.45. The summed E-state index contributed by atoms with van der Waals surface area (Å²) in [4.78, 5) is 24.2. The van der Waals surface area contributed by atoms with Crippen molar-refractivity contribution in [3.63, 3.8) is 0 Å². The van der Waals surface area contributed by atoms with E-state index in [4.69, 9.17) is 4.74 Å². The molecule has 0 saturated carbocycles. The van der Waals surface area contributed by atoms with E-state index in [1.165, 1.54) is 0 Å². The highest BCUT2D eigenvalue weighted by Gasteiger charge is 2.23. The number of ether oxygens (including phenoxy) is 1. The molecule has 0 aliphatic carbocycles. The second kappa shape index (κ2) is 9.05. The summed E-state index contributed by atoms with van der Waals surface area (Å²) in [6, 6.07) is 17.6. The third-order valence-corrected chi connectivity index (χ3v) is 4.45. The first-order valence-corrected chi connectivity index (χ1v) is 9.36. The van der Waals surface area contributed by atoms with Crippen LogP contribution in [0.2, 0.25) is 0 Å². The minimum Gasteiger partial charge on any atom is -0.481 e. The molecule has 1 atom stereocenters. The van der Waals surface area contributed by atoms with Gasteiger partial charge in [0.05, 0.1) is 24.8 Å². The lowest BCUT2D eigenvalue weighted by atomic mass is 9.98. The number of nitrogens with one attached hydrogen (secondary N) is 1. The molecule has 0 aliphatic rings. The molecule has 2 aromatic carbocycles. The summed E-state index contributed by atoms with van der Waals surface area (Å²) in [7, 11) is 0. The molecule has 2 N–H and O–H groups in total. The van der Waals surface area contributed by atoms with Crippen molar-refractivity contribution in [1.82, 2.24) is 15.1 Å². The molecule has 3 aromatic rings. The van der Waals surface area contributed by atoms with E-state index in [-0.39, 0.29) is 12.1 Å². The maximum Gasteiger partial charge on any atom is 0.305 e. The minimum atomic E-state index is -0.997. The summed E-state index contributed by atoms with van der Waals surface area (Å²) in [5, 5.41) is 16.5. The molecule has 150 valence electrons. The van der Waals surface area contributed by atoms with Crippen LogP contribution in [0, 0.1) is 6.92 Å². The van der Waals surface area contributed by atoms with Gasteiger partial charge in [0.15, 0.2) is 5.69 Å². The van der Waals surface area contributed by atoms with E-state index in [1.807, 2.05) is 68.4 Å². The first-order valence-electron chi connectivity index (χ1n) is 9.36. The van der Waals surface area contributed by atoms with E-state index >= 15 is 0 Å². The van der Waals surface area contributed by atoms with Gasteiger partial charge in [-0.3, -0.25) is 9.59 Å². The van der Waals surface area contributed by atoms with E-state index in [0.29, 0.717) is 12.5 Å². The van der Waals surface area contributed by atoms with Gasteiger partial charge in [-0.1, -0.05) is 42.5 Å². The van der Waals surface area contributed by atoms with Crippen molar-refractivity contribution in [2.75, 3.05) is 6.61 Å². The summed E-state index contributed by atoms with van der Waals surface area (Å²) >= 11 is 0. The van der Waals surface area contributed by atoms with Crippen LogP contribution in [0.5, 0.6) is 5.88 Å². The Morgan fingerprint density at radius 3 is 2.48 bits per heavy atom. The molecule has 0 saturated heterocycles. The van der Waals surface area contributed by atoms with Gasteiger partial charge in [-0.2, -0.15) is 5.10 Å². The van der Waals surface area contributed by atoms with Crippen LogP contribution in [0.1, 0.15) is 41.0 Å². The van der Waals surface area contributed by atoms with E-state index in [2.05, 4.69) is 10.4 Å². The normalized spacial score (nSPS) is 11.7. The first kappa shape index (κ1) is 20.1. The SMILES string of the molecule is CCOc1cc(C(=O)N[C@@H](CC(=O)O)c2ccccc2C)nn1-c1ccccc1. The highest BCUT2D eigenvalue weighted by Crippen LogP contribution is 2.23. The number of carbonyl (C=O) groups is 2. The highest BCUT2D eigenvalue weighted by molar-refractivity contribution is 5.93. The highest BCUT2D eigenvalue weighted by atomic mass is 16.5. The van der Waals surface area contributed by atoms with Crippen LogP contribution in [-0.2, 0) is 4.79 Å². The molecule has 0 bridgehead atoms. The molecule has 0 spiro atoms. The van der Waals surface area contributed by atoms with Crippen LogP contribution >= 0.6 is 0 Å². The summed E-state index contributed by atoms with van der Waals surface area (Å²) in [5.74, 6) is -1.02. The number of carbonyl (C=O) groups excluding carboxylic acids is 1. The van der Waals surface area contributed by atoms with Gasteiger partial charge < -0.3 is 15.2 Å². The smallest absolute Gasteiger partial charge is 0.305 e. The van der Waals surface area contributed by atoms with Crippen molar-refractivity contribution >= 4 is 11.9 Å². The predicted octanol–water partition coefficient (Wildman–Crippen LogP) is 3.53. The second-order valence-electron chi connectivity index (χ2n) is 6.53. The van der Waals surface area contributed by atoms with Crippen molar-refractivity contribution in [2.45, 2.75) is 26.3 Å². The Kier molecular flexibility index (Phi) is 6.29. The van der Waals surface area contributed by atoms with Gasteiger partial charge >= 0.3 is 5.97 Å². The number of carboxylic acid groups (broad SMARTS) is 1. The van der Waals surface area contributed by atoms with E-state index in [1.54, 1.807) is 10.7 Å². The van der Waals surface area contributed by atoms with E-state index in [9.17, 15) is 14.7 Å². The van der Waals surface area contributed by atoms with Crippen molar-refractivity contribution < 1.29 is 19.4 Å². The molecule has 29 heavy (non-hydrogen) atoms. The van der Waals surface area contributed by atoms with E-state index < -0.39 is 17.9 Å². The molecule has 1 heterocycles. The number of hydrogen-bond acceptors (Lipinski definition) is 4. The summed E-state index contributed by atoms with van der Waals surface area (Å²) in [6.07, 6.45) is -0.228. The monoisotopic (exact) mass is 393 g/mol. The molecule has 3 rings (SSSR count). The molecular weight excluding hydrogens is 370 g/mol. The molecule has 1 aromatic heterocycles. The average molecular weight is 393 g/mol. The number of benzene rings is 2. The Bertz CT molecular complexity index is 998. The number of amides is 1. The zero-order chi connectivity index (χ0) is 20.8. The summed E-state index contributed by atoms with van der Waals surface area (Å²) < 4.78 is 7.18. The molecular formula is C22H23N3O4. The quantitative estimate of drug-likeness (QED) is 0.611. The molecule has 0 fully saturated rings. The summed E-state index contributed by atoms with van der Waals surface area (Å²) in [5.41, 5.74) is 2.58. The van der Waals surface area contributed by atoms with Crippen molar-refractivity contribution in [3.05, 3.63) is 77.5 Å². The van der Waals surface area contributed by atoms with Crippen LogP contribution < -0.4 is 10.1 Å². The maximum atomic E-state index is 12.9. The van der Waals surface area contributed by atoms with Gasteiger partial charge in [-0.05, 0) is 37.1 Å². The number of carboxylic acids is 1. The number of aryl methyl sites for hydroxylation is 1. The fourth-order valence-corrected chi connectivity index (χ4v) is 3.10. The predicted molar refractivity (Wildman–Crippen MR) is 108 cm³/mol. The van der Waals surface area contributed by atoms with Crippen LogP contribution in [0.3, 0.4) is 0 Å². The van der Waals surface area contributed by atoms with Gasteiger partial charge in [0.1, 0.15) is 0 Å². The number of nitrogens with zero attached hydrogens (tertiary/aromatic N) is 2. The fourth-order valence-electron chi connectivity index (χ4n) is 3.10. The van der Waals surface area contributed by atoms with Crippen LogP contribution in [0.15, 0.2) is 60.7 Å². The minimum absolute atomic E-state index is 0.154. The van der Waals surface area contributed by atoms with Crippen LogP contribution in [0.4, 0.5) is 0 Å². The Morgan fingerprint density at radius 2 is 1.83 bits per heavy atom. The molecule has 1 amide bonds. The molecule has 0 radical (unpaired) electrons. The standard InChI is InChI=1S/C22H23N3O4/c1-3-29-20-13-19(24-25(20)16-10-5-4-6-11-16)22(28)23-18(14-21(26)27)17-12-8-7-9-15(17)2/h4-13,18H,3,14H2,1-2H3,(H,23,28)(H,26,27)/t18-/m0/s1. The van der Waals surface area contributed by atoms with Gasteiger partial charge in [-0.15, -0.1) is 0 Å². The lowest BCUT2D eigenvalue weighted by molar-refractivity contribution is -0.137. The molecule has 0 aliphatic heterocycles. The number of aliphatic carboxylic acids is 1. The Labute approximate surface area is 168 Å². The molecule has 7 nitrogen and oxygen atoms in total. The Hall–Kier alpha value is -3.61. The molecule has 0 unspecified atom stereocenters. The van der Waals surface area contributed by atoms with E-state index in [0.717, 1.165) is 16.8 Å². The number of aromatic nitrogens is 2. The van der Waals surface area contributed by atoms with Crippen LogP contribution in [-0.4, -0.2) is 33.4 Å².